The third-order valence-corrected chi connectivity index (χ3v) is 4.74. The Morgan fingerprint density at radius 2 is 2.13 bits per heavy atom. The Hall–Kier alpha value is -0.570. The molecule has 0 spiro atoms. The van der Waals surface area contributed by atoms with Crippen molar-refractivity contribution in [1.29, 1.82) is 0 Å². The minimum Gasteiger partial charge on any atom is -0.393 e. The van der Waals surface area contributed by atoms with E-state index in [4.69, 9.17) is 10.7 Å². The van der Waals surface area contributed by atoms with E-state index in [9.17, 15) is 9.90 Å². The fraction of sp³-hybridized carbons (Fsp3) is 0.875. The van der Waals surface area contributed by atoms with Gasteiger partial charge in [0.05, 0.1) is 6.10 Å². The number of guanidine groups is 1. The van der Waals surface area contributed by atoms with Crippen LogP contribution in [0.15, 0.2) is 4.99 Å². The van der Waals surface area contributed by atoms with Gasteiger partial charge in [0, 0.05) is 38.5 Å². The van der Waals surface area contributed by atoms with Crippen LogP contribution >= 0.6 is 24.0 Å². The molecule has 23 heavy (non-hydrogen) atoms. The number of aliphatic imine (C=N–C) groups is 1. The highest BCUT2D eigenvalue weighted by molar-refractivity contribution is 14.0. The molecule has 0 bridgehead atoms. The van der Waals surface area contributed by atoms with Crippen molar-refractivity contribution in [3.63, 3.8) is 0 Å². The summed E-state index contributed by atoms with van der Waals surface area (Å²) >= 11 is 0. The number of hydrogen-bond acceptors (Lipinski definition) is 3. The summed E-state index contributed by atoms with van der Waals surface area (Å²) in [6.45, 7) is 5.37. The summed E-state index contributed by atoms with van der Waals surface area (Å²) < 4.78 is 0. The molecule has 0 aromatic carbocycles. The van der Waals surface area contributed by atoms with Gasteiger partial charge in [-0.15, -0.1) is 24.0 Å². The molecular weight excluding hydrogens is 407 g/mol. The quantitative estimate of drug-likeness (QED) is 0.343. The van der Waals surface area contributed by atoms with Crippen molar-refractivity contribution in [2.75, 3.05) is 26.2 Å². The average molecular weight is 438 g/mol. The van der Waals surface area contributed by atoms with Gasteiger partial charge in [-0.25, -0.2) is 0 Å². The predicted molar refractivity (Wildman–Crippen MR) is 103 cm³/mol. The number of aliphatic hydroxyl groups is 1. The van der Waals surface area contributed by atoms with Crippen molar-refractivity contribution in [3.05, 3.63) is 0 Å². The first-order valence-corrected chi connectivity index (χ1v) is 8.59. The molecule has 1 heterocycles. The molecular formula is C16H31IN4O2. The van der Waals surface area contributed by atoms with Crippen molar-refractivity contribution in [1.82, 2.24) is 10.2 Å². The number of nitrogens with two attached hydrogens (primary N) is 1. The number of nitrogens with one attached hydrogen (secondary N) is 1. The lowest BCUT2D eigenvalue weighted by Crippen LogP contribution is -2.47. The van der Waals surface area contributed by atoms with E-state index in [1.54, 1.807) is 0 Å². The number of likely N-dealkylation sites (tertiary alicyclic amines) is 1. The molecule has 0 aromatic heterocycles. The van der Waals surface area contributed by atoms with Gasteiger partial charge >= 0.3 is 0 Å². The molecule has 7 heteroatoms. The van der Waals surface area contributed by atoms with Crippen LogP contribution < -0.4 is 11.1 Å². The highest BCUT2D eigenvalue weighted by atomic mass is 127. The second-order valence-corrected chi connectivity index (χ2v) is 6.58. The van der Waals surface area contributed by atoms with Crippen LogP contribution in [0, 0.1) is 11.8 Å². The lowest BCUT2D eigenvalue weighted by atomic mass is 9.95. The second kappa shape index (κ2) is 10.3. The van der Waals surface area contributed by atoms with E-state index < -0.39 is 0 Å². The Morgan fingerprint density at radius 1 is 1.35 bits per heavy atom. The van der Waals surface area contributed by atoms with E-state index in [0.29, 0.717) is 24.8 Å². The van der Waals surface area contributed by atoms with Gasteiger partial charge in [0.2, 0.25) is 5.91 Å². The van der Waals surface area contributed by atoms with E-state index >= 15 is 0 Å². The summed E-state index contributed by atoms with van der Waals surface area (Å²) in [5, 5.41) is 13.3. The van der Waals surface area contributed by atoms with Crippen LogP contribution in [0.1, 0.15) is 45.4 Å². The van der Waals surface area contributed by atoms with Crippen molar-refractivity contribution in [3.8, 4) is 0 Å². The molecule has 1 aliphatic heterocycles. The fourth-order valence-electron chi connectivity index (χ4n) is 3.57. The van der Waals surface area contributed by atoms with Crippen molar-refractivity contribution >= 4 is 35.8 Å². The van der Waals surface area contributed by atoms with Crippen LogP contribution in [0.5, 0.6) is 0 Å². The number of primary amides is 1. The van der Waals surface area contributed by atoms with E-state index in [2.05, 4.69) is 17.1 Å². The summed E-state index contributed by atoms with van der Waals surface area (Å²) in [6.07, 6.45) is 5.44. The zero-order valence-electron chi connectivity index (χ0n) is 14.0. The molecule has 1 saturated carbocycles. The molecule has 2 aliphatic rings. The van der Waals surface area contributed by atoms with Crippen LogP contribution in [-0.4, -0.2) is 54.2 Å². The zero-order chi connectivity index (χ0) is 15.9. The van der Waals surface area contributed by atoms with Crippen LogP contribution in [0.3, 0.4) is 0 Å². The standard InChI is InChI=1S/C16H30N4O2.HI/c1-2-18-16(19-10-13-6-3-7-14(13)21)20-8-4-5-12(11-20)9-15(17)22;/h12-14,21H,2-11H2,1H3,(H2,17,22)(H,18,19);1H. The van der Waals surface area contributed by atoms with Gasteiger partial charge in [-0.3, -0.25) is 9.79 Å². The second-order valence-electron chi connectivity index (χ2n) is 6.58. The number of carbonyl (C=O) groups excluding carboxylic acids is 1. The number of piperidine rings is 1. The summed E-state index contributed by atoms with van der Waals surface area (Å²) in [5.41, 5.74) is 5.33. The molecule has 1 aliphatic carbocycles. The molecule has 134 valence electrons. The van der Waals surface area contributed by atoms with Crippen molar-refractivity contribution in [2.24, 2.45) is 22.6 Å². The summed E-state index contributed by atoms with van der Waals surface area (Å²) in [4.78, 5) is 18.1. The van der Waals surface area contributed by atoms with E-state index in [1.165, 1.54) is 0 Å². The van der Waals surface area contributed by atoms with Gasteiger partial charge in [-0.1, -0.05) is 6.42 Å². The Balaban J connectivity index is 0.00000264. The number of hydrogen-bond donors (Lipinski definition) is 3. The average Bonchev–Trinajstić information content (AvgIpc) is 2.88. The number of aliphatic hydroxyl groups excluding tert-OH is 1. The minimum atomic E-state index is -0.220. The van der Waals surface area contributed by atoms with Gasteiger partial charge in [-0.2, -0.15) is 0 Å². The van der Waals surface area contributed by atoms with E-state index in [0.717, 1.165) is 57.7 Å². The lowest BCUT2D eigenvalue weighted by molar-refractivity contribution is -0.119. The van der Waals surface area contributed by atoms with E-state index in [-0.39, 0.29) is 36.0 Å². The fourth-order valence-corrected chi connectivity index (χ4v) is 3.57. The Morgan fingerprint density at radius 3 is 2.74 bits per heavy atom. The lowest BCUT2D eigenvalue weighted by Gasteiger charge is -2.35. The van der Waals surface area contributed by atoms with Gasteiger partial charge in [0.25, 0.3) is 0 Å². The molecule has 4 N–H and O–H groups in total. The number of rotatable bonds is 5. The molecule has 2 fully saturated rings. The third-order valence-electron chi connectivity index (χ3n) is 4.74. The normalized spacial score (nSPS) is 28.3. The zero-order valence-corrected chi connectivity index (χ0v) is 16.4. The topological polar surface area (TPSA) is 91.0 Å². The van der Waals surface area contributed by atoms with E-state index in [1.807, 2.05) is 0 Å². The summed E-state index contributed by atoms with van der Waals surface area (Å²) in [5.74, 6) is 1.31. The van der Waals surface area contributed by atoms with Crippen molar-refractivity contribution < 1.29 is 9.90 Å². The SMILES string of the molecule is CCNC(=NCC1CCCC1O)N1CCCC(CC(N)=O)C1.I. The molecule has 0 radical (unpaired) electrons. The maximum Gasteiger partial charge on any atom is 0.217 e. The summed E-state index contributed by atoms with van der Waals surface area (Å²) in [6, 6.07) is 0. The monoisotopic (exact) mass is 438 g/mol. The molecule has 1 saturated heterocycles. The van der Waals surface area contributed by atoms with Crippen LogP contribution in [0.4, 0.5) is 0 Å². The van der Waals surface area contributed by atoms with Gasteiger partial charge in [0.15, 0.2) is 5.96 Å². The minimum absolute atomic E-state index is 0. The first-order valence-electron chi connectivity index (χ1n) is 8.59. The van der Waals surface area contributed by atoms with Gasteiger partial charge in [0.1, 0.15) is 0 Å². The largest absolute Gasteiger partial charge is 0.393 e. The molecule has 1 amide bonds. The number of amides is 1. The predicted octanol–water partition coefficient (Wildman–Crippen LogP) is 1.32. The van der Waals surface area contributed by atoms with Crippen molar-refractivity contribution in [2.45, 2.75) is 51.6 Å². The number of halogens is 1. The number of carbonyl (C=O) groups is 1. The first-order chi connectivity index (χ1) is 10.6. The molecule has 0 aromatic rings. The maximum absolute atomic E-state index is 11.1. The summed E-state index contributed by atoms with van der Waals surface area (Å²) in [7, 11) is 0. The smallest absolute Gasteiger partial charge is 0.217 e. The maximum atomic E-state index is 11.1. The highest BCUT2D eigenvalue weighted by Gasteiger charge is 2.26. The van der Waals surface area contributed by atoms with Gasteiger partial charge < -0.3 is 21.1 Å². The number of nitrogens with zero attached hydrogens (tertiary/aromatic N) is 2. The Kier molecular flexibility index (Phi) is 9.19. The van der Waals surface area contributed by atoms with Gasteiger partial charge in [-0.05, 0) is 38.5 Å². The third kappa shape index (κ3) is 6.45. The highest BCUT2D eigenvalue weighted by Crippen LogP contribution is 2.26. The Labute approximate surface area is 156 Å². The first kappa shape index (κ1) is 20.5. The van der Waals surface area contributed by atoms with Crippen LogP contribution in [-0.2, 0) is 4.79 Å². The molecule has 2 rings (SSSR count). The molecule has 6 nitrogen and oxygen atoms in total. The molecule has 3 atom stereocenters. The Bertz CT molecular complexity index is 406. The van der Waals surface area contributed by atoms with Crippen LogP contribution in [0.25, 0.3) is 0 Å². The molecule has 3 unspecified atom stereocenters. The van der Waals surface area contributed by atoms with Crippen LogP contribution in [0.2, 0.25) is 0 Å².